The molecule has 3 heteroatoms. The van der Waals surface area contributed by atoms with Crippen LogP contribution < -0.4 is 5.32 Å². The zero-order valence-corrected chi connectivity index (χ0v) is 8.63. The van der Waals surface area contributed by atoms with Gasteiger partial charge in [0.2, 0.25) is 0 Å². The smallest absolute Gasteiger partial charge is 0.0346 e. The minimum Gasteiger partial charge on any atom is -0.314 e. The maximum atomic E-state index is 3.34. The molecule has 0 aromatic heterocycles. The normalized spacial score (nSPS) is 27.5. The van der Waals surface area contributed by atoms with Gasteiger partial charge in [-0.2, -0.15) is 0 Å². The van der Waals surface area contributed by atoms with Crippen molar-refractivity contribution in [2.45, 2.75) is 19.4 Å². The summed E-state index contributed by atoms with van der Waals surface area (Å²) in [5.41, 5.74) is 0. The van der Waals surface area contributed by atoms with E-state index in [9.17, 15) is 0 Å². The minimum atomic E-state index is 0.851. The van der Waals surface area contributed by atoms with Crippen LogP contribution in [0.5, 0.6) is 0 Å². The third-order valence-corrected chi connectivity index (χ3v) is 3.22. The first-order chi connectivity index (χ1) is 6.40. The Hall–Kier alpha value is -0.120. The van der Waals surface area contributed by atoms with Crippen LogP contribution in [0, 0.1) is 0 Å². The molecular weight excluding hydrogens is 162 g/mol. The van der Waals surface area contributed by atoms with Gasteiger partial charge in [-0.3, -0.25) is 4.90 Å². The first kappa shape index (κ1) is 9.44. The van der Waals surface area contributed by atoms with Crippen LogP contribution in [-0.4, -0.2) is 61.7 Å². The fourth-order valence-corrected chi connectivity index (χ4v) is 2.20. The van der Waals surface area contributed by atoms with Crippen molar-refractivity contribution < 1.29 is 0 Å². The molecule has 0 saturated carbocycles. The van der Waals surface area contributed by atoms with Gasteiger partial charge in [-0.25, -0.2) is 0 Å². The summed E-state index contributed by atoms with van der Waals surface area (Å²) in [4.78, 5) is 5.23. The Bertz CT molecular complexity index is 148. The van der Waals surface area contributed by atoms with Crippen molar-refractivity contribution in [1.82, 2.24) is 15.1 Å². The molecule has 0 spiro atoms. The van der Waals surface area contributed by atoms with E-state index in [0.717, 1.165) is 6.04 Å². The van der Waals surface area contributed by atoms with E-state index in [1.807, 2.05) is 0 Å². The number of hydrogen-bond donors (Lipinski definition) is 1. The number of nitrogens with one attached hydrogen (secondary N) is 1. The molecule has 0 amide bonds. The highest BCUT2D eigenvalue weighted by Crippen LogP contribution is 2.09. The molecule has 3 nitrogen and oxygen atoms in total. The van der Waals surface area contributed by atoms with Crippen LogP contribution in [0.2, 0.25) is 0 Å². The molecule has 0 radical (unpaired) electrons. The highest BCUT2D eigenvalue weighted by molar-refractivity contribution is 4.87. The van der Waals surface area contributed by atoms with Crippen molar-refractivity contribution in [2.24, 2.45) is 0 Å². The summed E-state index contributed by atoms with van der Waals surface area (Å²) >= 11 is 0. The molecule has 0 atom stereocenters. The lowest BCUT2D eigenvalue weighted by atomic mass is 10.1. The second kappa shape index (κ2) is 4.40. The summed E-state index contributed by atoms with van der Waals surface area (Å²) < 4.78 is 0. The molecule has 2 fully saturated rings. The molecule has 13 heavy (non-hydrogen) atoms. The number of rotatable bonds is 3. The van der Waals surface area contributed by atoms with E-state index in [0.29, 0.717) is 0 Å². The third-order valence-electron chi connectivity index (χ3n) is 3.22. The van der Waals surface area contributed by atoms with E-state index in [1.165, 1.54) is 52.2 Å². The number of piperazine rings is 1. The molecule has 76 valence electrons. The summed E-state index contributed by atoms with van der Waals surface area (Å²) in [6.45, 7) is 11.1. The van der Waals surface area contributed by atoms with Crippen LogP contribution in [0.3, 0.4) is 0 Å². The van der Waals surface area contributed by atoms with Crippen LogP contribution in [0.25, 0.3) is 0 Å². The Morgan fingerprint density at radius 2 is 1.85 bits per heavy atom. The van der Waals surface area contributed by atoms with Gasteiger partial charge in [-0.15, -0.1) is 0 Å². The van der Waals surface area contributed by atoms with Crippen LogP contribution >= 0.6 is 0 Å². The zero-order chi connectivity index (χ0) is 9.10. The first-order valence-corrected chi connectivity index (χ1v) is 5.57. The summed E-state index contributed by atoms with van der Waals surface area (Å²) in [6, 6.07) is 0.851. The molecule has 2 aliphatic heterocycles. The van der Waals surface area contributed by atoms with Gasteiger partial charge >= 0.3 is 0 Å². The van der Waals surface area contributed by atoms with Crippen molar-refractivity contribution in [3.63, 3.8) is 0 Å². The zero-order valence-electron chi connectivity index (χ0n) is 8.63. The van der Waals surface area contributed by atoms with Crippen LogP contribution in [0.1, 0.15) is 13.3 Å². The molecule has 2 heterocycles. The first-order valence-electron chi connectivity index (χ1n) is 5.57. The van der Waals surface area contributed by atoms with Gasteiger partial charge in [0.15, 0.2) is 0 Å². The summed E-state index contributed by atoms with van der Waals surface area (Å²) in [5, 5.41) is 3.34. The summed E-state index contributed by atoms with van der Waals surface area (Å²) in [5.74, 6) is 0. The van der Waals surface area contributed by atoms with Gasteiger partial charge in [0, 0.05) is 45.3 Å². The van der Waals surface area contributed by atoms with Crippen molar-refractivity contribution in [1.29, 1.82) is 0 Å². The predicted octanol–water partition coefficient (Wildman–Crippen LogP) is -0.0142. The molecule has 0 aliphatic carbocycles. The van der Waals surface area contributed by atoms with Crippen molar-refractivity contribution in [3.05, 3.63) is 0 Å². The van der Waals surface area contributed by atoms with Crippen molar-refractivity contribution in [2.75, 3.05) is 45.8 Å². The largest absolute Gasteiger partial charge is 0.314 e. The van der Waals surface area contributed by atoms with Gasteiger partial charge in [0.25, 0.3) is 0 Å². The molecular formula is C10H21N3. The van der Waals surface area contributed by atoms with Crippen LogP contribution in [0.4, 0.5) is 0 Å². The maximum Gasteiger partial charge on any atom is 0.0346 e. The van der Waals surface area contributed by atoms with E-state index < -0.39 is 0 Å². The van der Waals surface area contributed by atoms with Gasteiger partial charge in [0.05, 0.1) is 0 Å². The average molecular weight is 183 g/mol. The molecule has 2 rings (SSSR count). The highest BCUT2D eigenvalue weighted by atomic mass is 15.3. The Labute approximate surface area is 81.1 Å². The standard InChI is InChI=1S/C10H21N3/c1-2-3-12-4-6-13(7-5-12)10-8-11-9-10/h10-11H,2-9H2,1H3. The van der Waals surface area contributed by atoms with Crippen LogP contribution in [0.15, 0.2) is 0 Å². The fourth-order valence-electron chi connectivity index (χ4n) is 2.20. The molecule has 0 bridgehead atoms. The van der Waals surface area contributed by atoms with Crippen LogP contribution in [-0.2, 0) is 0 Å². The molecule has 2 saturated heterocycles. The van der Waals surface area contributed by atoms with Crippen molar-refractivity contribution in [3.8, 4) is 0 Å². The average Bonchev–Trinajstić information content (AvgIpc) is 2.06. The third kappa shape index (κ3) is 2.22. The van der Waals surface area contributed by atoms with Crippen molar-refractivity contribution >= 4 is 0 Å². The summed E-state index contributed by atoms with van der Waals surface area (Å²) in [7, 11) is 0. The lowest BCUT2D eigenvalue weighted by Crippen LogP contribution is -2.61. The Morgan fingerprint density at radius 1 is 1.15 bits per heavy atom. The van der Waals surface area contributed by atoms with E-state index >= 15 is 0 Å². The van der Waals surface area contributed by atoms with E-state index in [1.54, 1.807) is 0 Å². The minimum absolute atomic E-state index is 0.851. The highest BCUT2D eigenvalue weighted by Gasteiger charge is 2.27. The SMILES string of the molecule is CCCN1CCN(C2CNC2)CC1. The second-order valence-corrected chi connectivity index (χ2v) is 4.19. The van der Waals surface area contributed by atoms with Gasteiger partial charge in [-0.05, 0) is 13.0 Å². The molecule has 0 aromatic carbocycles. The quantitative estimate of drug-likeness (QED) is 0.664. The Balaban J connectivity index is 1.69. The molecule has 0 unspecified atom stereocenters. The predicted molar refractivity (Wildman–Crippen MR) is 55.0 cm³/mol. The number of hydrogen-bond acceptors (Lipinski definition) is 3. The van der Waals surface area contributed by atoms with Gasteiger partial charge in [0.1, 0.15) is 0 Å². The molecule has 1 N–H and O–H groups in total. The Morgan fingerprint density at radius 3 is 2.31 bits per heavy atom. The molecule has 0 aromatic rings. The van der Waals surface area contributed by atoms with Gasteiger partial charge < -0.3 is 10.2 Å². The van der Waals surface area contributed by atoms with Gasteiger partial charge in [-0.1, -0.05) is 6.92 Å². The van der Waals surface area contributed by atoms with E-state index in [4.69, 9.17) is 0 Å². The maximum absolute atomic E-state index is 3.34. The summed E-state index contributed by atoms with van der Waals surface area (Å²) in [6.07, 6.45) is 1.30. The molecule has 2 aliphatic rings. The monoisotopic (exact) mass is 183 g/mol. The Kier molecular flexibility index (Phi) is 3.19. The van der Waals surface area contributed by atoms with E-state index in [-0.39, 0.29) is 0 Å². The number of nitrogens with zero attached hydrogens (tertiary/aromatic N) is 2. The lowest BCUT2D eigenvalue weighted by Gasteiger charge is -2.43. The topological polar surface area (TPSA) is 18.5 Å². The lowest BCUT2D eigenvalue weighted by molar-refractivity contribution is 0.0730. The fraction of sp³-hybridized carbons (Fsp3) is 1.00. The van der Waals surface area contributed by atoms with E-state index in [2.05, 4.69) is 22.0 Å². The second-order valence-electron chi connectivity index (χ2n) is 4.19.